The van der Waals surface area contributed by atoms with Crippen LogP contribution in [0, 0.1) is 0 Å². The second kappa shape index (κ2) is 7.53. The molecule has 1 aliphatic heterocycles. The van der Waals surface area contributed by atoms with Gasteiger partial charge in [-0.1, -0.05) is 18.2 Å². The topological polar surface area (TPSA) is 57.1 Å². The lowest BCUT2D eigenvalue weighted by Gasteiger charge is -2.09. The van der Waals surface area contributed by atoms with Crippen LogP contribution in [0.1, 0.15) is 18.1 Å². The van der Waals surface area contributed by atoms with E-state index < -0.39 is 5.97 Å². The molecule has 0 aromatic heterocycles. The monoisotopic (exact) mass is 401 g/mol. The van der Waals surface area contributed by atoms with Gasteiger partial charge in [-0.3, -0.25) is 0 Å². The first-order chi connectivity index (χ1) is 12.1. The Labute approximate surface area is 154 Å². The smallest absolute Gasteiger partial charge is 0.363 e. The minimum Gasteiger partial charge on any atom is -0.493 e. The van der Waals surface area contributed by atoms with Gasteiger partial charge in [0.05, 0.1) is 19.3 Å². The van der Waals surface area contributed by atoms with E-state index >= 15 is 0 Å². The average molecular weight is 402 g/mol. The number of ether oxygens (including phenoxy) is 3. The molecule has 0 spiro atoms. The van der Waals surface area contributed by atoms with Crippen LogP contribution >= 0.6 is 15.9 Å². The van der Waals surface area contributed by atoms with E-state index in [9.17, 15) is 4.79 Å². The van der Waals surface area contributed by atoms with Gasteiger partial charge >= 0.3 is 5.97 Å². The van der Waals surface area contributed by atoms with E-state index in [1.54, 1.807) is 25.3 Å². The van der Waals surface area contributed by atoms with Gasteiger partial charge < -0.3 is 14.2 Å². The van der Waals surface area contributed by atoms with E-state index in [1.165, 1.54) is 0 Å². The van der Waals surface area contributed by atoms with Crippen LogP contribution in [0.4, 0.5) is 0 Å². The minimum absolute atomic E-state index is 0.235. The zero-order chi connectivity index (χ0) is 17.8. The fourth-order valence-corrected chi connectivity index (χ4v) is 2.82. The van der Waals surface area contributed by atoms with E-state index in [0.717, 1.165) is 15.6 Å². The Morgan fingerprint density at radius 1 is 1.20 bits per heavy atom. The van der Waals surface area contributed by atoms with Gasteiger partial charge in [0.1, 0.15) is 0 Å². The highest BCUT2D eigenvalue weighted by Crippen LogP contribution is 2.30. The van der Waals surface area contributed by atoms with Crippen LogP contribution in [0.2, 0.25) is 0 Å². The van der Waals surface area contributed by atoms with Gasteiger partial charge in [-0.05, 0) is 58.8 Å². The Hall–Kier alpha value is -2.60. The SMILES string of the molecule is CCOc1cc(/C=C2/N=C(c3ccccc3Br)OC2=O)ccc1OC. The molecule has 25 heavy (non-hydrogen) atoms. The molecule has 0 radical (unpaired) electrons. The van der Waals surface area contributed by atoms with E-state index in [-0.39, 0.29) is 11.6 Å². The molecule has 6 heteroatoms. The summed E-state index contributed by atoms with van der Waals surface area (Å²) in [5, 5.41) is 0. The number of carbonyl (C=O) groups is 1. The van der Waals surface area contributed by atoms with E-state index in [1.807, 2.05) is 37.3 Å². The van der Waals surface area contributed by atoms with Crippen molar-refractivity contribution in [1.29, 1.82) is 0 Å². The van der Waals surface area contributed by atoms with Crippen molar-refractivity contribution in [1.82, 2.24) is 0 Å². The van der Waals surface area contributed by atoms with Crippen LogP contribution < -0.4 is 9.47 Å². The molecule has 2 aromatic carbocycles. The third-order valence-electron chi connectivity index (χ3n) is 3.52. The minimum atomic E-state index is -0.487. The largest absolute Gasteiger partial charge is 0.493 e. The average Bonchev–Trinajstić information content (AvgIpc) is 2.96. The predicted octanol–water partition coefficient (Wildman–Crippen LogP) is 4.20. The fourth-order valence-electron chi connectivity index (χ4n) is 2.37. The van der Waals surface area contributed by atoms with Crippen LogP contribution in [-0.4, -0.2) is 25.6 Å². The summed E-state index contributed by atoms with van der Waals surface area (Å²) in [5.74, 6) is 1.04. The number of esters is 1. The predicted molar refractivity (Wildman–Crippen MR) is 98.9 cm³/mol. The van der Waals surface area contributed by atoms with Gasteiger partial charge in [0.25, 0.3) is 0 Å². The van der Waals surface area contributed by atoms with Crippen molar-refractivity contribution in [2.45, 2.75) is 6.92 Å². The van der Waals surface area contributed by atoms with Crippen molar-refractivity contribution < 1.29 is 19.0 Å². The molecule has 5 nitrogen and oxygen atoms in total. The molecule has 0 atom stereocenters. The molecule has 0 saturated carbocycles. The number of hydrogen-bond acceptors (Lipinski definition) is 5. The number of cyclic esters (lactones) is 1. The quantitative estimate of drug-likeness (QED) is 0.556. The van der Waals surface area contributed by atoms with Crippen LogP contribution in [-0.2, 0) is 9.53 Å². The fraction of sp³-hybridized carbons (Fsp3) is 0.158. The molecule has 1 heterocycles. The summed E-state index contributed by atoms with van der Waals surface area (Å²) in [4.78, 5) is 16.4. The van der Waals surface area contributed by atoms with Gasteiger partial charge in [-0.25, -0.2) is 9.79 Å². The van der Waals surface area contributed by atoms with Crippen molar-refractivity contribution in [3.8, 4) is 11.5 Å². The second-order valence-electron chi connectivity index (χ2n) is 5.16. The number of carbonyl (C=O) groups excluding carboxylic acids is 1. The lowest BCUT2D eigenvalue weighted by Crippen LogP contribution is -2.05. The van der Waals surface area contributed by atoms with Crippen LogP contribution in [0.5, 0.6) is 11.5 Å². The van der Waals surface area contributed by atoms with E-state index in [4.69, 9.17) is 14.2 Å². The highest BCUT2D eigenvalue weighted by atomic mass is 79.9. The molecule has 0 amide bonds. The molecular formula is C19H16BrNO4. The van der Waals surface area contributed by atoms with Crippen LogP contribution in [0.3, 0.4) is 0 Å². The maximum atomic E-state index is 12.1. The van der Waals surface area contributed by atoms with Gasteiger partial charge in [-0.2, -0.15) is 0 Å². The van der Waals surface area contributed by atoms with E-state index in [2.05, 4.69) is 20.9 Å². The summed E-state index contributed by atoms with van der Waals surface area (Å²) in [6, 6.07) is 12.9. The molecule has 0 N–H and O–H groups in total. The number of methoxy groups -OCH3 is 1. The van der Waals surface area contributed by atoms with Gasteiger partial charge in [0.15, 0.2) is 17.2 Å². The zero-order valence-electron chi connectivity index (χ0n) is 13.8. The highest BCUT2D eigenvalue weighted by Gasteiger charge is 2.25. The molecule has 0 fully saturated rings. The zero-order valence-corrected chi connectivity index (χ0v) is 15.4. The standard InChI is InChI=1S/C19H16BrNO4/c1-3-24-17-11-12(8-9-16(17)23-2)10-15-19(22)25-18(21-15)13-6-4-5-7-14(13)20/h4-11H,3H2,1-2H3/b15-10+. The first-order valence-electron chi connectivity index (χ1n) is 7.70. The molecule has 0 saturated heterocycles. The van der Waals surface area contributed by atoms with Crippen molar-refractivity contribution in [3.63, 3.8) is 0 Å². The number of hydrogen-bond donors (Lipinski definition) is 0. The molecule has 0 aliphatic carbocycles. The maximum Gasteiger partial charge on any atom is 0.363 e. The highest BCUT2D eigenvalue weighted by molar-refractivity contribution is 9.10. The summed E-state index contributed by atoms with van der Waals surface area (Å²) in [6.07, 6.45) is 1.66. The van der Waals surface area contributed by atoms with Gasteiger partial charge in [0.2, 0.25) is 5.90 Å². The summed E-state index contributed by atoms with van der Waals surface area (Å²) in [5.41, 5.74) is 1.73. The Kier molecular flexibility index (Phi) is 5.19. The van der Waals surface area contributed by atoms with Crippen molar-refractivity contribution >= 4 is 33.9 Å². The number of rotatable bonds is 5. The molecule has 1 aliphatic rings. The van der Waals surface area contributed by atoms with E-state index in [0.29, 0.717) is 18.1 Å². The maximum absolute atomic E-state index is 12.1. The molecule has 3 rings (SSSR count). The molecule has 0 unspecified atom stereocenters. The third kappa shape index (κ3) is 3.74. The Morgan fingerprint density at radius 2 is 2.00 bits per heavy atom. The summed E-state index contributed by atoms with van der Waals surface area (Å²) in [7, 11) is 1.58. The van der Waals surface area contributed by atoms with Crippen molar-refractivity contribution in [3.05, 3.63) is 63.8 Å². The number of benzene rings is 2. The lowest BCUT2D eigenvalue weighted by molar-refractivity contribution is -0.129. The van der Waals surface area contributed by atoms with Crippen molar-refractivity contribution in [2.75, 3.05) is 13.7 Å². The first-order valence-corrected chi connectivity index (χ1v) is 8.50. The Balaban J connectivity index is 1.94. The van der Waals surface area contributed by atoms with Gasteiger partial charge in [0, 0.05) is 4.47 Å². The molecular weight excluding hydrogens is 386 g/mol. The molecule has 0 bridgehead atoms. The summed E-state index contributed by atoms with van der Waals surface area (Å²) >= 11 is 3.43. The van der Waals surface area contributed by atoms with Gasteiger partial charge in [-0.15, -0.1) is 0 Å². The third-order valence-corrected chi connectivity index (χ3v) is 4.21. The van der Waals surface area contributed by atoms with Crippen LogP contribution in [0.25, 0.3) is 6.08 Å². The van der Waals surface area contributed by atoms with Crippen LogP contribution in [0.15, 0.2) is 57.6 Å². The number of nitrogens with zero attached hydrogens (tertiary/aromatic N) is 1. The summed E-state index contributed by atoms with van der Waals surface area (Å²) < 4.78 is 16.9. The first kappa shape index (κ1) is 17.2. The molecule has 2 aromatic rings. The van der Waals surface area contributed by atoms with Crippen molar-refractivity contribution in [2.24, 2.45) is 4.99 Å². The normalized spacial score (nSPS) is 15.1. The number of halogens is 1. The second-order valence-corrected chi connectivity index (χ2v) is 6.01. The lowest BCUT2D eigenvalue weighted by atomic mass is 10.1. The molecule has 128 valence electrons. The number of aliphatic imine (C=N–C) groups is 1. The Bertz CT molecular complexity index is 873. The Morgan fingerprint density at radius 3 is 2.72 bits per heavy atom. The summed E-state index contributed by atoms with van der Waals surface area (Å²) in [6.45, 7) is 2.41.